The predicted octanol–water partition coefficient (Wildman–Crippen LogP) is 4.70. The van der Waals surface area contributed by atoms with Crippen molar-refractivity contribution in [2.75, 3.05) is 25.0 Å². The molecule has 1 aliphatic carbocycles. The predicted molar refractivity (Wildman–Crippen MR) is 124 cm³/mol. The molecular weight excluding hydrogens is 386 g/mol. The topological polar surface area (TPSA) is 61.4 Å². The number of hydrogen-bond donors (Lipinski definition) is 2. The number of rotatable bonds is 5. The molecule has 1 saturated carbocycles. The van der Waals surface area contributed by atoms with E-state index in [0.29, 0.717) is 6.54 Å². The first-order chi connectivity index (χ1) is 14.9. The molecule has 164 valence electrons. The van der Waals surface area contributed by atoms with Crippen LogP contribution in [0, 0.1) is 26.7 Å². The van der Waals surface area contributed by atoms with Crippen molar-refractivity contribution in [2.24, 2.45) is 5.92 Å². The summed E-state index contributed by atoms with van der Waals surface area (Å²) in [6, 6.07) is 14.1. The van der Waals surface area contributed by atoms with E-state index in [4.69, 9.17) is 0 Å². The quantitative estimate of drug-likeness (QED) is 0.738. The third kappa shape index (κ3) is 4.92. The monoisotopic (exact) mass is 419 g/mol. The van der Waals surface area contributed by atoms with E-state index in [0.717, 1.165) is 50.0 Å². The molecule has 3 amide bonds. The third-order valence-electron chi connectivity index (χ3n) is 6.60. The zero-order valence-corrected chi connectivity index (χ0v) is 18.8. The van der Waals surface area contributed by atoms with Crippen molar-refractivity contribution in [1.82, 2.24) is 10.2 Å². The third-order valence-corrected chi connectivity index (χ3v) is 6.60. The molecule has 2 aromatic rings. The maximum atomic E-state index is 13.5. The lowest BCUT2D eigenvalue weighted by atomic mass is 9.89. The SMILES string of the molecule is Cc1ccc(NC(=O)NCC2CCCN(C(=O)C3(c4cc(C)cc(C)c4)CC3)C2)cc1. The summed E-state index contributed by atoms with van der Waals surface area (Å²) in [6.07, 6.45) is 3.89. The lowest BCUT2D eigenvalue weighted by Gasteiger charge is -2.35. The van der Waals surface area contributed by atoms with Crippen LogP contribution in [-0.4, -0.2) is 36.5 Å². The van der Waals surface area contributed by atoms with Crippen molar-refractivity contribution in [3.63, 3.8) is 0 Å². The molecule has 0 radical (unpaired) electrons. The van der Waals surface area contributed by atoms with E-state index in [1.807, 2.05) is 36.1 Å². The van der Waals surface area contributed by atoms with Gasteiger partial charge >= 0.3 is 6.03 Å². The minimum Gasteiger partial charge on any atom is -0.342 e. The highest BCUT2D eigenvalue weighted by molar-refractivity contribution is 5.91. The molecule has 5 heteroatoms. The number of aryl methyl sites for hydroxylation is 3. The molecule has 0 spiro atoms. The summed E-state index contributed by atoms with van der Waals surface area (Å²) in [5, 5.41) is 5.87. The molecule has 1 aliphatic heterocycles. The number of anilines is 1. The van der Waals surface area contributed by atoms with E-state index in [2.05, 4.69) is 42.7 Å². The number of benzene rings is 2. The van der Waals surface area contributed by atoms with Crippen LogP contribution in [0.4, 0.5) is 10.5 Å². The summed E-state index contributed by atoms with van der Waals surface area (Å²) < 4.78 is 0. The summed E-state index contributed by atoms with van der Waals surface area (Å²) in [7, 11) is 0. The normalized spacial score (nSPS) is 19.6. The lowest BCUT2D eigenvalue weighted by Crippen LogP contribution is -2.47. The minimum absolute atomic E-state index is 0.193. The summed E-state index contributed by atoms with van der Waals surface area (Å²) in [6.45, 7) is 8.33. The van der Waals surface area contributed by atoms with Crippen molar-refractivity contribution < 1.29 is 9.59 Å². The molecule has 2 N–H and O–H groups in total. The van der Waals surface area contributed by atoms with Crippen LogP contribution in [0.2, 0.25) is 0 Å². The van der Waals surface area contributed by atoms with Gasteiger partial charge in [0.15, 0.2) is 0 Å². The van der Waals surface area contributed by atoms with Crippen LogP contribution in [-0.2, 0) is 10.2 Å². The van der Waals surface area contributed by atoms with Gasteiger partial charge in [0.25, 0.3) is 0 Å². The Morgan fingerprint density at radius 2 is 1.68 bits per heavy atom. The van der Waals surface area contributed by atoms with Crippen LogP contribution in [0.15, 0.2) is 42.5 Å². The average molecular weight is 420 g/mol. The molecule has 2 aromatic carbocycles. The van der Waals surface area contributed by atoms with E-state index in [1.54, 1.807) is 0 Å². The van der Waals surface area contributed by atoms with Gasteiger partial charge in [-0.25, -0.2) is 4.79 Å². The molecule has 1 saturated heterocycles. The second-order valence-corrected chi connectivity index (χ2v) is 9.42. The van der Waals surface area contributed by atoms with Crippen LogP contribution in [0.25, 0.3) is 0 Å². The molecule has 2 aliphatic rings. The van der Waals surface area contributed by atoms with Gasteiger partial charge in [0.1, 0.15) is 0 Å². The second-order valence-electron chi connectivity index (χ2n) is 9.42. The Bertz CT molecular complexity index is 943. The van der Waals surface area contributed by atoms with E-state index in [1.165, 1.54) is 16.7 Å². The number of nitrogens with one attached hydrogen (secondary N) is 2. The van der Waals surface area contributed by atoms with Gasteiger partial charge < -0.3 is 15.5 Å². The largest absolute Gasteiger partial charge is 0.342 e. The molecule has 0 aromatic heterocycles. The number of hydrogen-bond acceptors (Lipinski definition) is 2. The number of piperidine rings is 1. The maximum Gasteiger partial charge on any atom is 0.319 e. The molecule has 31 heavy (non-hydrogen) atoms. The molecular formula is C26H33N3O2. The Morgan fingerprint density at radius 3 is 2.32 bits per heavy atom. The molecule has 1 atom stereocenters. The number of nitrogens with zero attached hydrogens (tertiary/aromatic N) is 1. The molecule has 1 unspecified atom stereocenters. The zero-order chi connectivity index (χ0) is 22.0. The van der Waals surface area contributed by atoms with Gasteiger partial charge in [-0.2, -0.15) is 0 Å². The van der Waals surface area contributed by atoms with Crippen molar-refractivity contribution >= 4 is 17.6 Å². The Labute approximate surface area is 185 Å². The van der Waals surface area contributed by atoms with E-state index >= 15 is 0 Å². The van der Waals surface area contributed by atoms with Crippen LogP contribution in [0.3, 0.4) is 0 Å². The van der Waals surface area contributed by atoms with Crippen molar-refractivity contribution in [3.8, 4) is 0 Å². The fourth-order valence-corrected chi connectivity index (χ4v) is 4.77. The Hall–Kier alpha value is -2.82. The molecule has 4 rings (SSSR count). The highest BCUT2D eigenvalue weighted by Gasteiger charge is 2.53. The first kappa shape index (κ1) is 21.4. The van der Waals surface area contributed by atoms with Gasteiger partial charge in [0.2, 0.25) is 5.91 Å². The molecule has 0 bridgehead atoms. The number of carbonyl (C=O) groups is 2. The number of urea groups is 1. The highest BCUT2D eigenvalue weighted by Crippen LogP contribution is 2.50. The molecule has 5 nitrogen and oxygen atoms in total. The molecule has 1 heterocycles. The Kier molecular flexibility index (Phi) is 6.03. The van der Waals surface area contributed by atoms with Gasteiger partial charge in [-0.05, 0) is 70.1 Å². The standard InChI is InChI=1S/C26H33N3O2/c1-18-6-8-23(9-7-18)28-25(31)27-16-21-5-4-12-29(17-21)24(30)26(10-11-26)22-14-19(2)13-20(3)15-22/h6-9,13-15,21H,4-5,10-12,16-17H2,1-3H3,(H2,27,28,31). The van der Waals surface area contributed by atoms with Crippen LogP contribution >= 0.6 is 0 Å². The van der Waals surface area contributed by atoms with Crippen LogP contribution < -0.4 is 10.6 Å². The first-order valence-corrected chi connectivity index (χ1v) is 11.4. The van der Waals surface area contributed by atoms with Gasteiger partial charge in [-0.15, -0.1) is 0 Å². The minimum atomic E-state index is -0.324. The Morgan fingerprint density at radius 1 is 1.00 bits per heavy atom. The van der Waals surface area contributed by atoms with Crippen molar-refractivity contribution in [2.45, 2.75) is 51.9 Å². The fourth-order valence-electron chi connectivity index (χ4n) is 4.77. The smallest absolute Gasteiger partial charge is 0.319 e. The van der Waals surface area contributed by atoms with Crippen molar-refractivity contribution in [1.29, 1.82) is 0 Å². The number of carbonyl (C=O) groups excluding carboxylic acids is 2. The van der Waals surface area contributed by atoms with Gasteiger partial charge in [0.05, 0.1) is 5.41 Å². The second kappa shape index (κ2) is 8.74. The fraction of sp³-hybridized carbons (Fsp3) is 0.462. The summed E-state index contributed by atoms with van der Waals surface area (Å²) in [5.41, 5.74) is 5.23. The lowest BCUT2D eigenvalue weighted by molar-refractivity contribution is -0.135. The van der Waals surface area contributed by atoms with Gasteiger partial charge in [-0.3, -0.25) is 4.79 Å². The van der Waals surface area contributed by atoms with Crippen LogP contribution in [0.5, 0.6) is 0 Å². The summed E-state index contributed by atoms with van der Waals surface area (Å²) in [4.78, 5) is 27.8. The summed E-state index contributed by atoms with van der Waals surface area (Å²) in [5.74, 6) is 0.558. The van der Waals surface area contributed by atoms with Gasteiger partial charge in [0, 0.05) is 25.3 Å². The van der Waals surface area contributed by atoms with E-state index < -0.39 is 0 Å². The van der Waals surface area contributed by atoms with Crippen LogP contribution in [0.1, 0.15) is 47.9 Å². The van der Waals surface area contributed by atoms with E-state index in [9.17, 15) is 9.59 Å². The Balaban J connectivity index is 1.33. The molecule has 2 fully saturated rings. The zero-order valence-electron chi connectivity index (χ0n) is 18.8. The average Bonchev–Trinajstić information content (AvgIpc) is 3.55. The summed E-state index contributed by atoms with van der Waals surface area (Å²) >= 11 is 0. The number of likely N-dealkylation sites (tertiary alicyclic amines) is 1. The van der Waals surface area contributed by atoms with Gasteiger partial charge in [-0.1, -0.05) is 47.0 Å². The number of amides is 3. The van der Waals surface area contributed by atoms with Crippen molar-refractivity contribution in [3.05, 3.63) is 64.7 Å². The highest BCUT2D eigenvalue weighted by atomic mass is 16.2. The first-order valence-electron chi connectivity index (χ1n) is 11.4. The maximum absolute atomic E-state index is 13.5. The van der Waals surface area contributed by atoms with E-state index in [-0.39, 0.29) is 23.3 Å².